The maximum atomic E-state index is 5.55. The Morgan fingerprint density at radius 2 is 2.00 bits per heavy atom. The highest BCUT2D eigenvalue weighted by molar-refractivity contribution is 5.50. The molecule has 0 bridgehead atoms. The molecule has 1 aliphatic heterocycles. The lowest BCUT2D eigenvalue weighted by Crippen LogP contribution is -2.47. The Bertz CT molecular complexity index is 404. The Morgan fingerprint density at radius 3 is 2.63 bits per heavy atom. The Balaban J connectivity index is 1.98. The van der Waals surface area contributed by atoms with Gasteiger partial charge in [0.25, 0.3) is 0 Å². The van der Waals surface area contributed by atoms with Crippen LogP contribution >= 0.6 is 0 Å². The summed E-state index contributed by atoms with van der Waals surface area (Å²) in [5, 5.41) is 0. The van der Waals surface area contributed by atoms with Crippen molar-refractivity contribution in [1.29, 1.82) is 0 Å². The van der Waals surface area contributed by atoms with Crippen LogP contribution in [0.1, 0.15) is 12.0 Å². The van der Waals surface area contributed by atoms with E-state index in [1.807, 2.05) is 6.92 Å². The molecule has 0 radical (unpaired) electrons. The van der Waals surface area contributed by atoms with Gasteiger partial charge in [-0.25, -0.2) is 9.97 Å². The molecular formula is C13H23N5O. The average molecular weight is 265 g/mol. The molecule has 6 nitrogen and oxygen atoms in total. The van der Waals surface area contributed by atoms with Crippen molar-refractivity contribution in [2.75, 3.05) is 51.3 Å². The summed E-state index contributed by atoms with van der Waals surface area (Å²) in [6.07, 6.45) is 2.64. The summed E-state index contributed by atoms with van der Waals surface area (Å²) in [4.78, 5) is 13.3. The maximum Gasteiger partial charge on any atom is 0.221 e. The molecule has 2 rings (SSSR count). The largest absolute Gasteiger partial charge is 0.481 e. The van der Waals surface area contributed by atoms with Crippen LogP contribution < -0.4 is 15.4 Å². The zero-order chi connectivity index (χ0) is 13.7. The SMILES string of the molecule is COc1ncnc(N2CCN(CCCN)CC2)c1C. The predicted octanol–water partition coefficient (Wildman–Crippen LogP) is 0.264. The van der Waals surface area contributed by atoms with Crippen LogP contribution in [0.4, 0.5) is 5.82 Å². The molecule has 0 saturated carbocycles. The molecular weight excluding hydrogens is 242 g/mol. The molecule has 0 unspecified atom stereocenters. The summed E-state index contributed by atoms with van der Waals surface area (Å²) in [7, 11) is 1.64. The van der Waals surface area contributed by atoms with Crippen molar-refractivity contribution in [2.45, 2.75) is 13.3 Å². The van der Waals surface area contributed by atoms with Gasteiger partial charge < -0.3 is 15.4 Å². The van der Waals surface area contributed by atoms with Gasteiger partial charge in [0, 0.05) is 26.2 Å². The van der Waals surface area contributed by atoms with Gasteiger partial charge in [0.1, 0.15) is 12.1 Å². The van der Waals surface area contributed by atoms with Crippen LogP contribution in [0.3, 0.4) is 0 Å². The van der Waals surface area contributed by atoms with Crippen LogP contribution in [0.25, 0.3) is 0 Å². The third kappa shape index (κ3) is 3.33. The van der Waals surface area contributed by atoms with E-state index in [4.69, 9.17) is 10.5 Å². The topological polar surface area (TPSA) is 67.5 Å². The normalized spacial score (nSPS) is 16.7. The van der Waals surface area contributed by atoms with Gasteiger partial charge in [-0.3, -0.25) is 4.90 Å². The van der Waals surface area contributed by atoms with E-state index in [0.717, 1.165) is 57.1 Å². The van der Waals surface area contributed by atoms with Crippen molar-refractivity contribution in [3.05, 3.63) is 11.9 Å². The van der Waals surface area contributed by atoms with Gasteiger partial charge in [-0.05, 0) is 26.4 Å². The zero-order valence-electron chi connectivity index (χ0n) is 11.8. The lowest BCUT2D eigenvalue weighted by atomic mass is 10.2. The molecule has 0 atom stereocenters. The van der Waals surface area contributed by atoms with Crippen LogP contribution in [0, 0.1) is 6.92 Å². The Hall–Kier alpha value is -1.40. The summed E-state index contributed by atoms with van der Waals surface area (Å²) in [6.45, 7) is 7.97. The van der Waals surface area contributed by atoms with Gasteiger partial charge in [-0.1, -0.05) is 0 Å². The van der Waals surface area contributed by atoms with E-state index in [9.17, 15) is 0 Å². The van der Waals surface area contributed by atoms with Crippen LogP contribution in [0.5, 0.6) is 5.88 Å². The molecule has 1 fully saturated rings. The second-order valence-corrected chi connectivity index (χ2v) is 4.80. The fraction of sp³-hybridized carbons (Fsp3) is 0.692. The highest BCUT2D eigenvalue weighted by Gasteiger charge is 2.20. The predicted molar refractivity (Wildman–Crippen MR) is 75.6 cm³/mol. The fourth-order valence-electron chi connectivity index (χ4n) is 2.45. The molecule has 2 N–H and O–H groups in total. The number of ether oxygens (including phenoxy) is 1. The summed E-state index contributed by atoms with van der Waals surface area (Å²) >= 11 is 0. The lowest BCUT2D eigenvalue weighted by molar-refractivity contribution is 0.255. The van der Waals surface area contributed by atoms with Crippen molar-refractivity contribution in [3.8, 4) is 5.88 Å². The van der Waals surface area contributed by atoms with Crippen LogP contribution in [-0.4, -0.2) is 61.2 Å². The highest BCUT2D eigenvalue weighted by Crippen LogP contribution is 2.24. The summed E-state index contributed by atoms with van der Waals surface area (Å²) < 4.78 is 5.25. The van der Waals surface area contributed by atoms with E-state index in [1.54, 1.807) is 13.4 Å². The van der Waals surface area contributed by atoms with E-state index >= 15 is 0 Å². The molecule has 1 aromatic heterocycles. The first-order chi connectivity index (χ1) is 9.26. The first-order valence-corrected chi connectivity index (χ1v) is 6.79. The van der Waals surface area contributed by atoms with Gasteiger partial charge in [-0.15, -0.1) is 0 Å². The molecule has 6 heteroatoms. The van der Waals surface area contributed by atoms with Crippen molar-refractivity contribution in [2.24, 2.45) is 5.73 Å². The van der Waals surface area contributed by atoms with Gasteiger partial charge in [0.2, 0.25) is 5.88 Å². The molecule has 1 aromatic rings. The number of methoxy groups -OCH3 is 1. The molecule has 0 aliphatic carbocycles. The van der Waals surface area contributed by atoms with Crippen molar-refractivity contribution in [3.63, 3.8) is 0 Å². The second kappa shape index (κ2) is 6.68. The molecule has 0 spiro atoms. The minimum Gasteiger partial charge on any atom is -0.481 e. The Kier molecular flexibility index (Phi) is 4.93. The van der Waals surface area contributed by atoms with E-state index in [1.165, 1.54) is 0 Å². The smallest absolute Gasteiger partial charge is 0.221 e. The quantitative estimate of drug-likeness (QED) is 0.824. The summed E-state index contributed by atoms with van der Waals surface area (Å²) in [5.41, 5.74) is 6.56. The number of aromatic nitrogens is 2. The molecule has 1 saturated heterocycles. The first-order valence-electron chi connectivity index (χ1n) is 6.79. The van der Waals surface area contributed by atoms with E-state index < -0.39 is 0 Å². The first kappa shape index (κ1) is 14.0. The molecule has 2 heterocycles. The van der Waals surface area contributed by atoms with Crippen LogP contribution in [0.2, 0.25) is 0 Å². The van der Waals surface area contributed by atoms with Gasteiger partial charge in [0.15, 0.2) is 0 Å². The number of nitrogens with zero attached hydrogens (tertiary/aromatic N) is 4. The molecule has 19 heavy (non-hydrogen) atoms. The zero-order valence-corrected chi connectivity index (χ0v) is 11.8. The van der Waals surface area contributed by atoms with Gasteiger partial charge in [0.05, 0.1) is 12.7 Å². The number of hydrogen-bond donors (Lipinski definition) is 1. The molecule has 0 amide bonds. The standard InChI is InChI=1S/C13H23N5O/c1-11-12(15-10-16-13(11)19-2)18-8-6-17(7-9-18)5-3-4-14/h10H,3-9,14H2,1-2H3. The van der Waals surface area contributed by atoms with Gasteiger partial charge in [-0.2, -0.15) is 0 Å². The Labute approximate surface area is 114 Å². The number of nitrogens with two attached hydrogens (primary N) is 1. The number of hydrogen-bond acceptors (Lipinski definition) is 6. The summed E-state index contributed by atoms with van der Waals surface area (Å²) in [5.74, 6) is 1.65. The number of piperazine rings is 1. The van der Waals surface area contributed by atoms with Crippen molar-refractivity contribution < 1.29 is 4.74 Å². The molecule has 1 aliphatic rings. The van der Waals surface area contributed by atoms with Crippen molar-refractivity contribution in [1.82, 2.24) is 14.9 Å². The molecule has 0 aromatic carbocycles. The number of anilines is 1. The lowest BCUT2D eigenvalue weighted by Gasteiger charge is -2.35. The third-order valence-corrected chi connectivity index (χ3v) is 3.55. The van der Waals surface area contributed by atoms with E-state index in [-0.39, 0.29) is 0 Å². The van der Waals surface area contributed by atoms with Crippen LogP contribution in [-0.2, 0) is 0 Å². The minimum atomic E-state index is 0.663. The molecule has 106 valence electrons. The third-order valence-electron chi connectivity index (χ3n) is 3.55. The van der Waals surface area contributed by atoms with E-state index in [0.29, 0.717) is 5.88 Å². The Morgan fingerprint density at radius 1 is 1.26 bits per heavy atom. The minimum absolute atomic E-state index is 0.663. The van der Waals surface area contributed by atoms with Crippen molar-refractivity contribution >= 4 is 5.82 Å². The average Bonchev–Trinajstić information content (AvgIpc) is 2.46. The maximum absolute atomic E-state index is 5.55. The summed E-state index contributed by atoms with van der Waals surface area (Å²) in [6, 6.07) is 0. The fourth-order valence-corrected chi connectivity index (χ4v) is 2.45. The highest BCUT2D eigenvalue weighted by atomic mass is 16.5. The van der Waals surface area contributed by atoms with E-state index in [2.05, 4.69) is 19.8 Å². The number of rotatable bonds is 5. The van der Waals surface area contributed by atoms with Gasteiger partial charge >= 0.3 is 0 Å². The van der Waals surface area contributed by atoms with Crippen LogP contribution in [0.15, 0.2) is 6.33 Å². The monoisotopic (exact) mass is 265 g/mol. The second-order valence-electron chi connectivity index (χ2n) is 4.80.